The van der Waals surface area contributed by atoms with E-state index in [4.69, 9.17) is 23.2 Å². The molecule has 0 heterocycles. The number of carbonyl (C=O) groups excluding carboxylic acids is 2. The number of carbonyl (C=O) groups is 2. The summed E-state index contributed by atoms with van der Waals surface area (Å²) in [6.07, 6.45) is 0.156. The third-order valence-corrected chi connectivity index (χ3v) is 5.11. The van der Waals surface area contributed by atoms with E-state index in [1.165, 1.54) is 30.1 Å². The molecule has 0 aliphatic heterocycles. The first-order chi connectivity index (χ1) is 13.8. The molecule has 1 atom stereocenters. The second-order valence-corrected chi connectivity index (χ2v) is 7.20. The molecular weight excluding hydrogens is 417 g/mol. The number of amides is 2. The molecule has 2 aromatic rings. The highest BCUT2D eigenvalue weighted by Gasteiger charge is 2.29. The topological polar surface area (TPSA) is 92.6 Å². The third kappa shape index (κ3) is 5.68. The maximum atomic E-state index is 13.1. The maximum Gasteiger partial charge on any atom is 0.273 e. The average molecular weight is 438 g/mol. The van der Waals surface area contributed by atoms with Crippen molar-refractivity contribution in [3.63, 3.8) is 0 Å². The predicted octanol–water partition coefficient (Wildman–Crippen LogP) is 4.00. The molecule has 0 aromatic heterocycles. The molecule has 0 aliphatic rings. The highest BCUT2D eigenvalue weighted by Crippen LogP contribution is 2.25. The van der Waals surface area contributed by atoms with E-state index in [1.807, 2.05) is 0 Å². The van der Waals surface area contributed by atoms with Gasteiger partial charge in [-0.15, -0.1) is 0 Å². The summed E-state index contributed by atoms with van der Waals surface area (Å²) in [6.45, 7) is 1.86. The monoisotopic (exact) mass is 437 g/mol. The number of nitro benzene ring substituents is 1. The molecule has 2 aromatic carbocycles. The fourth-order valence-corrected chi connectivity index (χ4v) is 3.49. The van der Waals surface area contributed by atoms with Gasteiger partial charge in [0.2, 0.25) is 11.8 Å². The summed E-state index contributed by atoms with van der Waals surface area (Å²) >= 11 is 12.2. The smallest absolute Gasteiger partial charge is 0.273 e. The van der Waals surface area contributed by atoms with Crippen molar-refractivity contribution in [3.05, 3.63) is 73.8 Å². The zero-order valence-corrected chi connectivity index (χ0v) is 17.5. The Morgan fingerprint density at radius 3 is 2.45 bits per heavy atom. The highest BCUT2D eigenvalue weighted by atomic mass is 35.5. The first kappa shape index (κ1) is 22.6. The first-order valence-electron chi connectivity index (χ1n) is 8.95. The molecule has 0 saturated carbocycles. The van der Waals surface area contributed by atoms with E-state index in [2.05, 4.69) is 5.32 Å². The number of benzene rings is 2. The Hall–Kier alpha value is -2.64. The van der Waals surface area contributed by atoms with E-state index in [1.54, 1.807) is 31.2 Å². The molecule has 7 nitrogen and oxygen atoms in total. The first-order valence-corrected chi connectivity index (χ1v) is 9.71. The normalized spacial score (nSPS) is 11.6. The number of para-hydroxylation sites is 1. The Morgan fingerprint density at radius 1 is 1.17 bits per heavy atom. The zero-order chi connectivity index (χ0) is 21.6. The van der Waals surface area contributed by atoms with Crippen molar-refractivity contribution in [1.29, 1.82) is 0 Å². The number of nitrogens with zero attached hydrogens (tertiary/aromatic N) is 2. The van der Waals surface area contributed by atoms with Gasteiger partial charge in [-0.2, -0.15) is 0 Å². The Balaban J connectivity index is 2.39. The molecule has 0 aliphatic carbocycles. The van der Waals surface area contributed by atoms with Crippen LogP contribution in [0.15, 0.2) is 42.5 Å². The average Bonchev–Trinajstić information content (AvgIpc) is 2.69. The molecule has 2 amide bonds. The Kier molecular flexibility index (Phi) is 7.99. The van der Waals surface area contributed by atoms with E-state index in [0.29, 0.717) is 22.0 Å². The van der Waals surface area contributed by atoms with Crippen LogP contribution in [0, 0.1) is 10.1 Å². The third-order valence-electron chi connectivity index (χ3n) is 4.52. The van der Waals surface area contributed by atoms with Crippen molar-refractivity contribution >= 4 is 40.7 Å². The second kappa shape index (κ2) is 10.2. The van der Waals surface area contributed by atoms with Crippen LogP contribution in [-0.2, 0) is 22.6 Å². The molecular formula is C20H21Cl2N3O4. The molecule has 9 heteroatoms. The van der Waals surface area contributed by atoms with Crippen molar-refractivity contribution in [1.82, 2.24) is 10.2 Å². The standard InChI is InChI=1S/C20H21Cl2N3O4/c1-3-17(20(27)23-2)24(12-14-8-9-15(21)11-16(14)22)19(26)10-13-6-4-5-7-18(13)25(28)29/h4-9,11,17H,3,10,12H2,1-2H3,(H,23,27)/t17-/m1/s1. The van der Waals surface area contributed by atoms with Crippen LogP contribution in [0.2, 0.25) is 10.0 Å². The van der Waals surface area contributed by atoms with Crippen LogP contribution in [0.4, 0.5) is 5.69 Å². The van der Waals surface area contributed by atoms with Gasteiger partial charge in [-0.1, -0.05) is 54.4 Å². The van der Waals surface area contributed by atoms with Gasteiger partial charge in [0, 0.05) is 35.3 Å². The second-order valence-electron chi connectivity index (χ2n) is 6.36. The van der Waals surface area contributed by atoms with Gasteiger partial charge in [0.15, 0.2) is 0 Å². The zero-order valence-electron chi connectivity index (χ0n) is 16.0. The van der Waals surface area contributed by atoms with E-state index >= 15 is 0 Å². The Labute approximate surface area is 178 Å². The van der Waals surface area contributed by atoms with Gasteiger partial charge < -0.3 is 10.2 Å². The van der Waals surface area contributed by atoms with Crippen LogP contribution in [-0.4, -0.2) is 34.7 Å². The molecule has 154 valence electrons. The van der Waals surface area contributed by atoms with Crippen LogP contribution in [0.5, 0.6) is 0 Å². The minimum Gasteiger partial charge on any atom is -0.357 e. The summed E-state index contributed by atoms with van der Waals surface area (Å²) in [6, 6.07) is 10.2. The molecule has 0 unspecified atom stereocenters. The van der Waals surface area contributed by atoms with Crippen molar-refractivity contribution in [2.75, 3.05) is 7.05 Å². The molecule has 1 N–H and O–H groups in total. The molecule has 0 fully saturated rings. The lowest BCUT2D eigenvalue weighted by Gasteiger charge is -2.30. The van der Waals surface area contributed by atoms with Crippen LogP contribution in [0.1, 0.15) is 24.5 Å². The lowest BCUT2D eigenvalue weighted by molar-refractivity contribution is -0.385. The van der Waals surface area contributed by atoms with E-state index < -0.39 is 16.9 Å². The summed E-state index contributed by atoms with van der Waals surface area (Å²) in [5.74, 6) is -0.741. The number of hydrogen-bond acceptors (Lipinski definition) is 4. The summed E-state index contributed by atoms with van der Waals surface area (Å²) < 4.78 is 0. The number of likely N-dealkylation sites (N-methyl/N-ethyl adjacent to an activating group) is 1. The fourth-order valence-electron chi connectivity index (χ4n) is 3.02. The molecule has 2 rings (SSSR count). The lowest BCUT2D eigenvalue weighted by Crippen LogP contribution is -2.48. The van der Waals surface area contributed by atoms with Gasteiger partial charge >= 0.3 is 0 Å². The van der Waals surface area contributed by atoms with Crippen molar-refractivity contribution in [3.8, 4) is 0 Å². The Morgan fingerprint density at radius 2 is 1.86 bits per heavy atom. The van der Waals surface area contributed by atoms with Gasteiger partial charge in [0.05, 0.1) is 11.3 Å². The van der Waals surface area contributed by atoms with Crippen molar-refractivity contribution in [2.45, 2.75) is 32.4 Å². The van der Waals surface area contributed by atoms with E-state index in [-0.39, 0.29) is 30.1 Å². The predicted molar refractivity (Wildman–Crippen MR) is 112 cm³/mol. The van der Waals surface area contributed by atoms with Crippen LogP contribution < -0.4 is 5.32 Å². The van der Waals surface area contributed by atoms with Crippen molar-refractivity contribution < 1.29 is 14.5 Å². The van der Waals surface area contributed by atoms with Gasteiger partial charge in [-0.05, 0) is 24.1 Å². The van der Waals surface area contributed by atoms with E-state index in [9.17, 15) is 19.7 Å². The Bertz CT molecular complexity index is 920. The highest BCUT2D eigenvalue weighted by molar-refractivity contribution is 6.35. The number of hydrogen-bond donors (Lipinski definition) is 1. The summed E-state index contributed by atoms with van der Waals surface area (Å²) in [4.78, 5) is 37.7. The molecule has 0 saturated heterocycles. The van der Waals surface area contributed by atoms with E-state index in [0.717, 1.165) is 0 Å². The van der Waals surface area contributed by atoms with Crippen LogP contribution >= 0.6 is 23.2 Å². The quantitative estimate of drug-likeness (QED) is 0.498. The lowest BCUT2D eigenvalue weighted by atomic mass is 10.1. The summed E-state index contributed by atoms with van der Waals surface area (Å²) in [5, 5.41) is 14.7. The van der Waals surface area contributed by atoms with Crippen molar-refractivity contribution in [2.24, 2.45) is 0 Å². The van der Waals surface area contributed by atoms with Gasteiger partial charge in [0.25, 0.3) is 5.69 Å². The van der Waals surface area contributed by atoms with Gasteiger partial charge in [-0.25, -0.2) is 0 Å². The largest absolute Gasteiger partial charge is 0.357 e. The van der Waals surface area contributed by atoms with Gasteiger partial charge in [0.1, 0.15) is 6.04 Å². The summed E-state index contributed by atoms with van der Waals surface area (Å²) in [7, 11) is 1.49. The molecule has 0 spiro atoms. The maximum absolute atomic E-state index is 13.1. The number of rotatable bonds is 8. The fraction of sp³-hybridized carbons (Fsp3) is 0.300. The number of nitro groups is 1. The molecule has 29 heavy (non-hydrogen) atoms. The number of nitrogens with one attached hydrogen (secondary N) is 1. The minimum atomic E-state index is -0.748. The van der Waals surface area contributed by atoms with Gasteiger partial charge in [-0.3, -0.25) is 19.7 Å². The molecule has 0 bridgehead atoms. The minimum absolute atomic E-state index is 0.0708. The number of halogens is 2. The molecule has 0 radical (unpaired) electrons. The summed E-state index contributed by atoms with van der Waals surface area (Å²) in [5.41, 5.74) is 0.758. The van der Waals surface area contributed by atoms with Crippen LogP contribution in [0.25, 0.3) is 0 Å². The van der Waals surface area contributed by atoms with Crippen LogP contribution in [0.3, 0.4) is 0 Å². The SMILES string of the molecule is CC[C@H](C(=O)NC)N(Cc1ccc(Cl)cc1Cl)C(=O)Cc1ccccc1[N+](=O)[O-].